The largest absolute Gasteiger partial charge is 0.468 e. The first kappa shape index (κ1) is 24.1. The predicted molar refractivity (Wildman–Crippen MR) is 94.5 cm³/mol. The van der Waals surface area contributed by atoms with Crippen LogP contribution >= 0.6 is 0 Å². The van der Waals surface area contributed by atoms with E-state index in [9.17, 15) is 39.9 Å². The van der Waals surface area contributed by atoms with Crippen molar-refractivity contribution in [3.63, 3.8) is 0 Å². The number of ether oxygens (including phenoxy) is 1. The third-order valence-electron chi connectivity index (χ3n) is 3.61. The number of alkyl halides is 8. The van der Waals surface area contributed by atoms with Crippen LogP contribution in [0.3, 0.4) is 0 Å². The molecule has 0 bridgehead atoms. The van der Waals surface area contributed by atoms with E-state index in [1.54, 1.807) is 0 Å². The molecule has 1 amide bonds. The smallest absolute Gasteiger partial charge is 0.422 e. The summed E-state index contributed by atoms with van der Waals surface area (Å²) in [6, 6.07) is 5.54. The lowest BCUT2D eigenvalue weighted by Crippen LogP contribution is -2.20. The number of anilines is 1. The first-order chi connectivity index (χ1) is 14.1. The lowest BCUT2D eigenvalue weighted by atomic mass is 10.1. The molecule has 0 saturated carbocycles. The molecule has 168 valence electrons. The number of amides is 1. The normalized spacial score (nSPS) is 12.8. The highest BCUT2D eigenvalue weighted by molar-refractivity contribution is 6.01. The van der Waals surface area contributed by atoms with Crippen molar-refractivity contribution in [2.75, 3.05) is 11.9 Å². The number of halogens is 8. The maximum Gasteiger partial charge on any atom is 0.422 e. The highest BCUT2D eigenvalue weighted by Crippen LogP contribution is 2.33. The van der Waals surface area contributed by atoms with E-state index < -0.39 is 48.1 Å². The maximum absolute atomic E-state index is 13.2. The average Bonchev–Trinajstić information content (AvgIpc) is 2.63. The molecular weight excluding hydrogens is 440 g/mol. The summed E-state index contributed by atoms with van der Waals surface area (Å²) in [5.41, 5.74) is -1.29. The van der Waals surface area contributed by atoms with Gasteiger partial charge in [0.15, 0.2) is 6.61 Å². The average molecular weight is 454 g/mol. The summed E-state index contributed by atoms with van der Waals surface area (Å²) in [5, 5.41) is 1.98. The Morgan fingerprint density at radius 3 is 2.13 bits per heavy atom. The Bertz CT molecular complexity index is 945. The van der Waals surface area contributed by atoms with Crippen LogP contribution in [0.1, 0.15) is 23.6 Å². The second-order valence-electron chi connectivity index (χ2n) is 6.31. The van der Waals surface area contributed by atoms with Gasteiger partial charge in [-0.2, -0.15) is 31.3 Å². The van der Waals surface area contributed by atoms with E-state index in [-0.39, 0.29) is 11.6 Å². The predicted octanol–water partition coefficient (Wildman–Crippen LogP) is 5.81. The number of aromatic nitrogens is 1. The van der Waals surface area contributed by atoms with E-state index in [0.717, 1.165) is 18.2 Å². The summed E-state index contributed by atoms with van der Waals surface area (Å²) in [6.07, 6.45) is -7.66. The van der Waals surface area contributed by atoms with Gasteiger partial charge in [-0.3, -0.25) is 4.79 Å². The van der Waals surface area contributed by atoms with Crippen LogP contribution in [0.4, 0.5) is 40.9 Å². The fraction of sp³-hybridized carbons (Fsp3) is 0.263. The molecule has 0 atom stereocenters. The first-order valence-corrected chi connectivity index (χ1v) is 8.40. The first-order valence-electron chi connectivity index (χ1n) is 8.40. The fourth-order valence-electron chi connectivity index (χ4n) is 2.19. The van der Waals surface area contributed by atoms with Gasteiger partial charge in [0.1, 0.15) is 5.82 Å². The highest BCUT2D eigenvalue weighted by atomic mass is 19.4. The van der Waals surface area contributed by atoms with Crippen LogP contribution in [0.2, 0.25) is 0 Å². The minimum Gasteiger partial charge on any atom is -0.468 e. The summed E-state index contributed by atoms with van der Waals surface area (Å²) in [7, 11) is 0. The van der Waals surface area contributed by atoms with Crippen LogP contribution in [0.15, 0.2) is 42.5 Å². The molecule has 0 aliphatic rings. The molecule has 4 nitrogen and oxygen atoms in total. The summed E-state index contributed by atoms with van der Waals surface area (Å²) in [4.78, 5) is 15.4. The van der Waals surface area contributed by atoms with E-state index in [1.165, 1.54) is 18.2 Å². The van der Waals surface area contributed by atoms with Crippen molar-refractivity contribution in [1.29, 1.82) is 0 Å². The van der Waals surface area contributed by atoms with Gasteiger partial charge in [-0.1, -0.05) is 24.3 Å². The van der Waals surface area contributed by atoms with Crippen molar-refractivity contribution in [2.24, 2.45) is 0 Å². The summed E-state index contributed by atoms with van der Waals surface area (Å²) in [6.45, 7) is -1.17. The van der Waals surface area contributed by atoms with Crippen molar-refractivity contribution in [2.45, 2.75) is 25.2 Å². The van der Waals surface area contributed by atoms with Crippen LogP contribution in [0.5, 0.6) is 5.88 Å². The third-order valence-corrected chi connectivity index (χ3v) is 3.61. The Morgan fingerprint density at radius 2 is 1.61 bits per heavy atom. The zero-order valence-corrected chi connectivity index (χ0v) is 15.6. The minimum atomic E-state index is -4.93. The number of benzene rings is 1. The topological polar surface area (TPSA) is 51.2 Å². The molecule has 2 aromatic rings. The monoisotopic (exact) mass is 454 g/mol. The molecular formula is C19H14F8N2O2. The Morgan fingerprint density at radius 1 is 1.00 bits per heavy atom. The van der Waals surface area contributed by atoms with Gasteiger partial charge in [-0.05, 0) is 17.7 Å². The molecule has 0 radical (unpaired) electrons. The molecule has 1 aromatic heterocycles. The standard InChI is InChI=1S/C19H14F8N2O2/c1-17(20,21)12-5-2-11(3-6-12)4-7-15(30)28-14-8-13(19(25,26)27)9-16(29-14)31-10-18(22,23)24/h2-9H,10H2,1H3,(H,28,29,30)/b7-4+. The Labute approximate surface area is 170 Å². The van der Waals surface area contributed by atoms with Gasteiger partial charge in [-0.25, -0.2) is 8.78 Å². The van der Waals surface area contributed by atoms with Gasteiger partial charge in [0.05, 0.1) is 5.56 Å². The Hall–Kier alpha value is -3.18. The maximum atomic E-state index is 13.2. The number of carbonyl (C=O) groups excluding carboxylic acids is 1. The van der Waals surface area contributed by atoms with Gasteiger partial charge < -0.3 is 10.1 Å². The van der Waals surface area contributed by atoms with Crippen molar-refractivity contribution in [1.82, 2.24) is 4.98 Å². The fourth-order valence-corrected chi connectivity index (χ4v) is 2.19. The third kappa shape index (κ3) is 7.87. The van der Waals surface area contributed by atoms with Crippen molar-refractivity contribution < 1.29 is 44.7 Å². The molecule has 0 aliphatic carbocycles. The molecule has 31 heavy (non-hydrogen) atoms. The van der Waals surface area contributed by atoms with Crippen molar-refractivity contribution in [3.8, 4) is 5.88 Å². The van der Waals surface area contributed by atoms with E-state index in [1.807, 2.05) is 5.32 Å². The van der Waals surface area contributed by atoms with Crippen molar-refractivity contribution in [3.05, 3.63) is 59.2 Å². The number of pyridine rings is 1. The van der Waals surface area contributed by atoms with Gasteiger partial charge in [0.2, 0.25) is 11.8 Å². The number of rotatable bonds is 6. The lowest BCUT2D eigenvalue weighted by molar-refractivity contribution is -0.154. The van der Waals surface area contributed by atoms with Gasteiger partial charge >= 0.3 is 12.4 Å². The number of nitrogens with zero attached hydrogens (tertiary/aromatic N) is 1. The number of nitrogens with one attached hydrogen (secondary N) is 1. The number of hydrogen-bond acceptors (Lipinski definition) is 3. The van der Waals surface area contributed by atoms with Gasteiger partial charge in [0.25, 0.3) is 5.92 Å². The summed E-state index contributed by atoms with van der Waals surface area (Å²) < 4.78 is 106. The van der Waals surface area contributed by atoms with Crippen LogP contribution < -0.4 is 10.1 Å². The summed E-state index contributed by atoms with van der Waals surface area (Å²) >= 11 is 0. The van der Waals surface area contributed by atoms with E-state index >= 15 is 0 Å². The van der Waals surface area contributed by atoms with E-state index in [2.05, 4.69) is 9.72 Å². The zero-order chi connectivity index (χ0) is 23.4. The zero-order valence-electron chi connectivity index (χ0n) is 15.6. The van der Waals surface area contributed by atoms with Gasteiger partial charge in [0, 0.05) is 24.6 Å². The quantitative estimate of drug-likeness (QED) is 0.443. The molecule has 0 saturated heterocycles. The molecule has 12 heteroatoms. The Kier molecular flexibility index (Phi) is 6.92. The van der Waals surface area contributed by atoms with Gasteiger partial charge in [-0.15, -0.1) is 0 Å². The second kappa shape index (κ2) is 8.90. The minimum absolute atomic E-state index is 0.256. The van der Waals surface area contributed by atoms with Crippen molar-refractivity contribution >= 4 is 17.8 Å². The van der Waals surface area contributed by atoms with E-state index in [0.29, 0.717) is 18.6 Å². The lowest BCUT2D eigenvalue weighted by Gasteiger charge is -2.13. The molecule has 0 fully saturated rings. The van der Waals surface area contributed by atoms with Crippen LogP contribution in [-0.4, -0.2) is 23.7 Å². The van der Waals surface area contributed by atoms with E-state index in [4.69, 9.17) is 0 Å². The number of carbonyl (C=O) groups is 1. The molecule has 1 N–H and O–H groups in total. The molecule has 0 aliphatic heterocycles. The van der Waals surface area contributed by atoms with Crippen LogP contribution in [0.25, 0.3) is 6.08 Å². The summed E-state index contributed by atoms with van der Waals surface area (Å²) in [5.74, 6) is -5.69. The second-order valence-corrected chi connectivity index (χ2v) is 6.31. The van der Waals surface area contributed by atoms with Crippen LogP contribution in [-0.2, 0) is 16.9 Å². The number of hydrogen-bond donors (Lipinski definition) is 1. The highest BCUT2D eigenvalue weighted by Gasteiger charge is 2.33. The molecule has 2 rings (SSSR count). The molecule has 1 heterocycles. The molecule has 0 spiro atoms. The SMILES string of the molecule is CC(F)(F)c1ccc(/C=C/C(=O)Nc2cc(C(F)(F)F)cc(OCC(F)(F)F)n2)cc1. The van der Waals surface area contributed by atoms with Crippen LogP contribution in [0, 0.1) is 0 Å². The molecule has 1 aromatic carbocycles. The molecule has 0 unspecified atom stereocenters. The Balaban J connectivity index is 2.16.